The molecule has 1 atom stereocenters. The van der Waals surface area contributed by atoms with Gasteiger partial charge in [0.1, 0.15) is 23.3 Å². The highest BCUT2D eigenvalue weighted by molar-refractivity contribution is 5.50. The van der Waals surface area contributed by atoms with Crippen molar-refractivity contribution in [2.75, 3.05) is 42.5 Å². The van der Waals surface area contributed by atoms with Gasteiger partial charge in [0.2, 0.25) is 5.95 Å². The van der Waals surface area contributed by atoms with Crippen LogP contribution in [0.1, 0.15) is 43.3 Å². The molecule has 2 aliphatic heterocycles. The van der Waals surface area contributed by atoms with Gasteiger partial charge in [0.25, 0.3) is 0 Å². The first-order chi connectivity index (χ1) is 12.6. The van der Waals surface area contributed by atoms with Gasteiger partial charge in [-0.1, -0.05) is 0 Å². The van der Waals surface area contributed by atoms with E-state index in [0.717, 1.165) is 63.0 Å². The Kier molecular flexibility index (Phi) is 4.62. The number of piperidine rings is 1. The predicted octanol–water partition coefficient (Wildman–Crippen LogP) is 0.749. The molecular formula is C17H27N9. The molecule has 0 saturated carbocycles. The third-order valence-corrected chi connectivity index (χ3v) is 5.42. The Hall–Kier alpha value is -2.42. The van der Waals surface area contributed by atoms with Crippen LogP contribution in [-0.4, -0.2) is 55.8 Å². The zero-order valence-electron chi connectivity index (χ0n) is 15.3. The van der Waals surface area contributed by atoms with Gasteiger partial charge in [-0.25, -0.2) is 0 Å². The first kappa shape index (κ1) is 17.0. The smallest absolute Gasteiger partial charge is 0.223 e. The van der Waals surface area contributed by atoms with E-state index < -0.39 is 0 Å². The largest absolute Gasteiger partial charge is 0.383 e. The first-order valence-electron chi connectivity index (χ1n) is 9.35. The van der Waals surface area contributed by atoms with Crippen LogP contribution < -0.4 is 16.4 Å². The molecule has 140 valence electrons. The summed E-state index contributed by atoms with van der Waals surface area (Å²) in [5.41, 5.74) is 11.6. The summed E-state index contributed by atoms with van der Waals surface area (Å²) in [6.07, 6.45) is 4.74. The number of hydrogen-bond donors (Lipinski definition) is 2. The molecule has 0 aromatic carbocycles. The van der Waals surface area contributed by atoms with Crippen LogP contribution in [-0.2, 0) is 13.6 Å². The predicted molar refractivity (Wildman–Crippen MR) is 101 cm³/mol. The van der Waals surface area contributed by atoms with Crippen molar-refractivity contribution in [1.29, 1.82) is 0 Å². The lowest BCUT2D eigenvalue weighted by Crippen LogP contribution is -2.36. The third-order valence-electron chi connectivity index (χ3n) is 5.42. The summed E-state index contributed by atoms with van der Waals surface area (Å²) in [4.78, 5) is 13.0. The lowest BCUT2D eigenvalue weighted by Gasteiger charge is -2.33. The van der Waals surface area contributed by atoms with Crippen LogP contribution in [0.4, 0.5) is 17.6 Å². The van der Waals surface area contributed by atoms with Crippen LogP contribution in [0.25, 0.3) is 0 Å². The topological polar surface area (TPSA) is 115 Å². The van der Waals surface area contributed by atoms with E-state index in [1.807, 2.05) is 0 Å². The van der Waals surface area contributed by atoms with Crippen molar-refractivity contribution >= 4 is 17.6 Å². The number of rotatable bonds is 4. The number of likely N-dealkylation sites (tertiary alicyclic amines) is 1. The first-order valence-corrected chi connectivity index (χ1v) is 9.35. The molecule has 0 radical (unpaired) electrons. The zero-order chi connectivity index (χ0) is 18.1. The van der Waals surface area contributed by atoms with E-state index in [4.69, 9.17) is 11.5 Å². The second-order valence-corrected chi connectivity index (χ2v) is 7.31. The third kappa shape index (κ3) is 3.44. The molecule has 0 unspecified atom stereocenters. The van der Waals surface area contributed by atoms with E-state index in [9.17, 15) is 0 Å². The second kappa shape index (κ2) is 7.06. The van der Waals surface area contributed by atoms with Crippen molar-refractivity contribution < 1.29 is 0 Å². The van der Waals surface area contributed by atoms with Crippen LogP contribution in [0.3, 0.4) is 0 Å². The van der Waals surface area contributed by atoms with E-state index in [1.54, 1.807) is 6.07 Å². The average molecular weight is 357 g/mol. The summed E-state index contributed by atoms with van der Waals surface area (Å²) in [6.45, 7) is 4.99. The Labute approximate surface area is 153 Å². The van der Waals surface area contributed by atoms with Gasteiger partial charge in [0.15, 0.2) is 0 Å². The highest BCUT2D eigenvalue weighted by Gasteiger charge is 2.27. The van der Waals surface area contributed by atoms with Crippen molar-refractivity contribution in [2.45, 2.75) is 38.1 Å². The van der Waals surface area contributed by atoms with Crippen LogP contribution in [0.2, 0.25) is 0 Å². The van der Waals surface area contributed by atoms with E-state index in [2.05, 4.69) is 41.6 Å². The fourth-order valence-corrected chi connectivity index (χ4v) is 4.04. The van der Waals surface area contributed by atoms with Crippen LogP contribution in [0.5, 0.6) is 0 Å². The van der Waals surface area contributed by atoms with Gasteiger partial charge in [-0.15, -0.1) is 10.2 Å². The summed E-state index contributed by atoms with van der Waals surface area (Å²) in [6, 6.07) is 1.79. The quantitative estimate of drug-likeness (QED) is 0.824. The number of nitrogens with two attached hydrogens (primary N) is 2. The van der Waals surface area contributed by atoms with Gasteiger partial charge in [0.05, 0.1) is 6.54 Å². The lowest BCUT2D eigenvalue weighted by molar-refractivity contribution is 0.317. The Bertz CT molecular complexity index is 745. The molecule has 9 nitrogen and oxygen atoms in total. The molecule has 4 rings (SSSR count). The minimum Gasteiger partial charge on any atom is -0.383 e. The molecule has 26 heavy (non-hydrogen) atoms. The minimum absolute atomic E-state index is 0.216. The van der Waals surface area contributed by atoms with Gasteiger partial charge in [0, 0.05) is 32.1 Å². The number of nitrogens with zero attached hydrogens (tertiary/aromatic N) is 7. The fraction of sp³-hybridized carbons (Fsp3) is 0.647. The average Bonchev–Trinajstić information content (AvgIpc) is 3.25. The molecule has 0 bridgehead atoms. The monoisotopic (exact) mass is 357 g/mol. The molecule has 9 heteroatoms. The van der Waals surface area contributed by atoms with Crippen molar-refractivity contribution in [3.63, 3.8) is 0 Å². The lowest BCUT2D eigenvalue weighted by atomic mass is 9.97. The Morgan fingerprint density at radius 1 is 1.08 bits per heavy atom. The molecule has 2 aliphatic rings. The SMILES string of the molecule is Cn1c(CN2CCCC2)nnc1[C@@H]1CCCN(c2cc(N)nc(N)n2)C1. The maximum absolute atomic E-state index is 5.83. The van der Waals surface area contributed by atoms with E-state index in [0.29, 0.717) is 11.7 Å². The highest BCUT2D eigenvalue weighted by atomic mass is 15.3. The van der Waals surface area contributed by atoms with E-state index >= 15 is 0 Å². The molecular weight excluding hydrogens is 330 g/mol. The van der Waals surface area contributed by atoms with E-state index in [-0.39, 0.29) is 5.95 Å². The summed E-state index contributed by atoms with van der Waals surface area (Å²) in [5, 5.41) is 8.99. The minimum atomic E-state index is 0.216. The number of aromatic nitrogens is 5. The molecule has 2 aromatic rings. The molecule has 2 fully saturated rings. The van der Waals surface area contributed by atoms with Gasteiger partial charge < -0.3 is 20.9 Å². The Morgan fingerprint density at radius 2 is 1.88 bits per heavy atom. The van der Waals surface area contributed by atoms with Crippen LogP contribution >= 0.6 is 0 Å². The van der Waals surface area contributed by atoms with Crippen molar-refractivity contribution in [3.05, 3.63) is 17.7 Å². The van der Waals surface area contributed by atoms with Crippen LogP contribution in [0.15, 0.2) is 6.07 Å². The summed E-state index contributed by atoms with van der Waals surface area (Å²) in [5.74, 6) is 3.84. The Morgan fingerprint density at radius 3 is 2.65 bits per heavy atom. The second-order valence-electron chi connectivity index (χ2n) is 7.31. The fourth-order valence-electron chi connectivity index (χ4n) is 4.04. The standard InChI is InChI=1S/C17H27N9/c1-24-15(11-25-6-2-3-7-25)22-23-16(24)12-5-4-8-26(10-12)14-9-13(18)20-17(19)21-14/h9,12H,2-8,10-11H2,1H3,(H4,18,19,20,21)/t12-/m1/s1. The zero-order valence-corrected chi connectivity index (χ0v) is 15.3. The maximum Gasteiger partial charge on any atom is 0.223 e. The highest BCUT2D eigenvalue weighted by Crippen LogP contribution is 2.29. The van der Waals surface area contributed by atoms with Crippen LogP contribution in [0, 0.1) is 0 Å². The molecule has 0 aliphatic carbocycles. The van der Waals surface area contributed by atoms with Gasteiger partial charge in [-0.2, -0.15) is 9.97 Å². The van der Waals surface area contributed by atoms with Crippen molar-refractivity contribution in [3.8, 4) is 0 Å². The van der Waals surface area contributed by atoms with Crippen molar-refractivity contribution in [2.24, 2.45) is 7.05 Å². The van der Waals surface area contributed by atoms with Gasteiger partial charge >= 0.3 is 0 Å². The number of hydrogen-bond acceptors (Lipinski definition) is 8. The van der Waals surface area contributed by atoms with Crippen molar-refractivity contribution in [1.82, 2.24) is 29.6 Å². The molecule has 2 saturated heterocycles. The molecule has 0 amide bonds. The molecule has 4 N–H and O–H groups in total. The number of anilines is 3. The Balaban J connectivity index is 1.50. The van der Waals surface area contributed by atoms with E-state index in [1.165, 1.54) is 12.8 Å². The molecule has 4 heterocycles. The molecule has 2 aromatic heterocycles. The summed E-state index contributed by atoms with van der Waals surface area (Å²) in [7, 11) is 2.08. The number of nitrogen functional groups attached to an aromatic ring is 2. The molecule has 0 spiro atoms. The normalized spacial score (nSPS) is 21.4. The summed E-state index contributed by atoms with van der Waals surface area (Å²) >= 11 is 0. The summed E-state index contributed by atoms with van der Waals surface area (Å²) < 4.78 is 2.18. The maximum atomic E-state index is 5.83. The van der Waals surface area contributed by atoms with Gasteiger partial charge in [-0.3, -0.25) is 4.90 Å². The van der Waals surface area contributed by atoms with Gasteiger partial charge in [-0.05, 0) is 38.8 Å².